The summed E-state index contributed by atoms with van der Waals surface area (Å²) >= 11 is 0. The summed E-state index contributed by atoms with van der Waals surface area (Å²) in [6.45, 7) is 4.25. The molecular weight excluding hydrogens is 494 g/mol. The second-order valence-electron chi connectivity index (χ2n) is 9.66. The summed E-state index contributed by atoms with van der Waals surface area (Å²) in [6.07, 6.45) is 1.11. The molecule has 12 heteroatoms. The van der Waals surface area contributed by atoms with Crippen LogP contribution in [-0.4, -0.2) is 70.6 Å². The number of aliphatic carboxylic acids is 2. The number of nitrogens with two attached hydrogens (primary N) is 2. The fraction of sp³-hybridized carbons (Fsp3) is 0.577. The molecule has 0 aliphatic heterocycles. The van der Waals surface area contributed by atoms with Crippen molar-refractivity contribution in [3.05, 3.63) is 35.9 Å². The molecule has 1 rings (SSSR count). The Bertz CT molecular complexity index is 926. The zero-order chi connectivity index (χ0) is 28.7. The Morgan fingerprint density at radius 1 is 0.816 bits per heavy atom. The minimum absolute atomic E-state index is 0.0417. The molecule has 9 N–H and O–H groups in total. The van der Waals surface area contributed by atoms with Crippen LogP contribution in [0.25, 0.3) is 0 Å². The first kappa shape index (κ1) is 32.5. The monoisotopic (exact) mass is 535 g/mol. The van der Waals surface area contributed by atoms with Gasteiger partial charge in [-0.1, -0.05) is 44.2 Å². The number of nitrogens with one attached hydrogen (secondary N) is 3. The summed E-state index contributed by atoms with van der Waals surface area (Å²) in [5.74, 6) is -4.33. The van der Waals surface area contributed by atoms with Gasteiger partial charge in [0, 0.05) is 12.8 Å². The van der Waals surface area contributed by atoms with E-state index < -0.39 is 60.2 Å². The summed E-state index contributed by atoms with van der Waals surface area (Å²) < 4.78 is 0. The average Bonchev–Trinajstić information content (AvgIpc) is 2.85. The van der Waals surface area contributed by atoms with Crippen molar-refractivity contribution in [2.45, 2.75) is 83.0 Å². The van der Waals surface area contributed by atoms with Crippen molar-refractivity contribution in [2.75, 3.05) is 6.54 Å². The molecule has 38 heavy (non-hydrogen) atoms. The normalized spacial score (nSPS) is 14.1. The van der Waals surface area contributed by atoms with Crippen molar-refractivity contribution in [2.24, 2.45) is 17.4 Å². The number of carbonyl (C=O) groups is 5. The van der Waals surface area contributed by atoms with Crippen LogP contribution in [0.3, 0.4) is 0 Å². The van der Waals surface area contributed by atoms with Crippen LogP contribution in [-0.2, 0) is 30.4 Å². The van der Waals surface area contributed by atoms with Crippen molar-refractivity contribution in [3.63, 3.8) is 0 Å². The highest BCUT2D eigenvalue weighted by atomic mass is 16.4. The van der Waals surface area contributed by atoms with Crippen molar-refractivity contribution in [1.29, 1.82) is 0 Å². The third-order valence-corrected chi connectivity index (χ3v) is 5.82. The van der Waals surface area contributed by atoms with Crippen molar-refractivity contribution in [1.82, 2.24) is 16.0 Å². The number of rotatable bonds is 18. The van der Waals surface area contributed by atoms with Crippen LogP contribution in [0, 0.1) is 5.92 Å². The van der Waals surface area contributed by atoms with Gasteiger partial charge in [0.15, 0.2) is 0 Å². The third-order valence-electron chi connectivity index (χ3n) is 5.82. The molecule has 0 heterocycles. The van der Waals surface area contributed by atoms with Gasteiger partial charge < -0.3 is 37.6 Å². The minimum atomic E-state index is -1.46. The standard InChI is InChI=1S/C26H41N5O7/c1-16(2)14-18(28)23(34)29-19(10-6-7-13-27)24(35)31-21(15-17-8-4-3-5-9-17)25(36)30-20(26(37)38)11-12-22(32)33/h3-5,8-9,16,18-21H,6-7,10-15,27-28H2,1-2H3,(H,29,34)(H,30,36)(H,31,35)(H,32,33)(H,37,38). The molecule has 4 unspecified atom stereocenters. The molecule has 3 amide bonds. The number of unbranched alkanes of at least 4 members (excludes halogenated alkanes) is 1. The first-order valence-electron chi connectivity index (χ1n) is 12.8. The molecular formula is C26H41N5O7. The SMILES string of the molecule is CC(C)CC(N)C(=O)NC(CCCCN)C(=O)NC(Cc1ccccc1)C(=O)NC(CCC(=O)O)C(=O)O. The molecule has 0 saturated carbocycles. The average molecular weight is 536 g/mol. The van der Waals surface area contributed by atoms with Gasteiger partial charge >= 0.3 is 11.9 Å². The van der Waals surface area contributed by atoms with Gasteiger partial charge in [0.2, 0.25) is 17.7 Å². The van der Waals surface area contributed by atoms with Crippen molar-refractivity contribution in [3.8, 4) is 0 Å². The Hall–Kier alpha value is -3.51. The van der Waals surface area contributed by atoms with E-state index in [0.717, 1.165) is 0 Å². The molecule has 0 spiro atoms. The molecule has 1 aromatic carbocycles. The molecule has 0 saturated heterocycles. The summed E-state index contributed by atoms with van der Waals surface area (Å²) in [5.41, 5.74) is 12.3. The van der Waals surface area contributed by atoms with E-state index in [9.17, 15) is 29.1 Å². The molecule has 0 aliphatic rings. The van der Waals surface area contributed by atoms with E-state index in [1.165, 1.54) is 0 Å². The molecule has 1 aromatic rings. The van der Waals surface area contributed by atoms with Crippen LogP contribution in [0.15, 0.2) is 30.3 Å². The first-order valence-corrected chi connectivity index (χ1v) is 12.8. The van der Waals surface area contributed by atoms with Crippen LogP contribution >= 0.6 is 0 Å². The maximum atomic E-state index is 13.3. The lowest BCUT2D eigenvalue weighted by Crippen LogP contribution is -2.57. The minimum Gasteiger partial charge on any atom is -0.481 e. The van der Waals surface area contributed by atoms with Gasteiger partial charge in [-0.05, 0) is 50.1 Å². The molecule has 0 aliphatic carbocycles. The van der Waals surface area contributed by atoms with Crippen LogP contribution < -0.4 is 27.4 Å². The summed E-state index contributed by atoms with van der Waals surface area (Å²) in [5, 5.41) is 26.0. The van der Waals surface area contributed by atoms with Crippen LogP contribution in [0.4, 0.5) is 0 Å². The van der Waals surface area contributed by atoms with Crippen molar-refractivity contribution < 1.29 is 34.2 Å². The summed E-state index contributed by atoms with van der Waals surface area (Å²) in [6, 6.07) is 4.35. The maximum absolute atomic E-state index is 13.3. The Balaban J connectivity index is 3.11. The molecule has 212 valence electrons. The Kier molecular flexibility index (Phi) is 14.6. The van der Waals surface area contributed by atoms with E-state index in [1.807, 2.05) is 13.8 Å². The largest absolute Gasteiger partial charge is 0.481 e. The van der Waals surface area contributed by atoms with E-state index in [-0.39, 0.29) is 25.2 Å². The van der Waals surface area contributed by atoms with Gasteiger partial charge in [0.05, 0.1) is 6.04 Å². The molecule has 12 nitrogen and oxygen atoms in total. The Morgan fingerprint density at radius 3 is 1.95 bits per heavy atom. The second-order valence-corrected chi connectivity index (χ2v) is 9.66. The summed E-state index contributed by atoms with van der Waals surface area (Å²) in [7, 11) is 0. The molecule has 0 aromatic heterocycles. The Morgan fingerprint density at radius 2 is 1.39 bits per heavy atom. The topological polar surface area (TPSA) is 214 Å². The molecule has 0 radical (unpaired) electrons. The summed E-state index contributed by atoms with van der Waals surface area (Å²) in [4.78, 5) is 61.6. The molecule has 0 fully saturated rings. The van der Waals surface area contributed by atoms with E-state index in [0.29, 0.717) is 31.4 Å². The quantitative estimate of drug-likeness (QED) is 0.127. The van der Waals surface area contributed by atoms with Crippen LogP contribution in [0.1, 0.15) is 57.9 Å². The van der Waals surface area contributed by atoms with E-state index in [2.05, 4.69) is 16.0 Å². The van der Waals surface area contributed by atoms with Gasteiger partial charge in [-0.2, -0.15) is 0 Å². The van der Waals surface area contributed by atoms with Gasteiger partial charge in [0.25, 0.3) is 0 Å². The lowest BCUT2D eigenvalue weighted by atomic mass is 10.0. The number of amides is 3. The van der Waals surface area contributed by atoms with E-state index in [1.54, 1.807) is 30.3 Å². The highest BCUT2D eigenvalue weighted by molar-refractivity contribution is 5.94. The maximum Gasteiger partial charge on any atom is 0.326 e. The first-order chi connectivity index (χ1) is 17.9. The smallest absolute Gasteiger partial charge is 0.326 e. The van der Waals surface area contributed by atoms with Crippen LogP contribution in [0.5, 0.6) is 0 Å². The van der Waals surface area contributed by atoms with Gasteiger partial charge in [-0.3, -0.25) is 19.2 Å². The zero-order valence-corrected chi connectivity index (χ0v) is 22.0. The number of carboxylic acid groups (broad SMARTS) is 2. The predicted octanol–water partition coefficient (Wildman–Crippen LogP) is 0.135. The molecule has 4 atom stereocenters. The number of benzene rings is 1. The van der Waals surface area contributed by atoms with Gasteiger partial charge in [-0.15, -0.1) is 0 Å². The predicted molar refractivity (Wildman–Crippen MR) is 141 cm³/mol. The van der Waals surface area contributed by atoms with E-state index >= 15 is 0 Å². The number of carbonyl (C=O) groups excluding carboxylic acids is 3. The lowest BCUT2D eigenvalue weighted by molar-refractivity contribution is -0.143. The second kappa shape index (κ2) is 17.1. The van der Waals surface area contributed by atoms with Gasteiger partial charge in [0.1, 0.15) is 18.1 Å². The number of carboxylic acids is 2. The highest BCUT2D eigenvalue weighted by Gasteiger charge is 2.30. The third kappa shape index (κ3) is 12.6. The fourth-order valence-corrected chi connectivity index (χ4v) is 3.78. The highest BCUT2D eigenvalue weighted by Crippen LogP contribution is 2.09. The number of hydrogen-bond acceptors (Lipinski definition) is 7. The lowest BCUT2D eigenvalue weighted by Gasteiger charge is -2.25. The van der Waals surface area contributed by atoms with Crippen molar-refractivity contribution >= 4 is 29.7 Å². The number of hydrogen-bond donors (Lipinski definition) is 7. The van der Waals surface area contributed by atoms with Gasteiger partial charge in [-0.25, -0.2) is 4.79 Å². The zero-order valence-electron chi connectivity index (χ0n) is 22.0. The molecule has 0 bridgehead atoms. The Labute approximate surface area is 222 Å². The van der Waals surface area contributed by atoms with Crippen LogP contribution in [0.2, 0.25) is 0 Å². The van der Waals surface area contributed by atoms with E-state index in [4.69, 9.17) is 16.6 Å². The fourth-order valence-electron chi connectivity index (χ4n) is 3.78.